The van der Waals surface area contributed by atoms with Crippen LogP contribution in [-0.2, 0) is 0 Å². The molecule has 0 N–H and O–H groups in total. The van der Waals surface area contributed by atoms with Gasteiger partial charge in [-0.3, -0.25) is 0 Å². The van der Waals surface area contributed by atoms with E-state index in [2.05, 4.69) is 179 Å². The van der Waals surface area contributed by atoms with Gasteiger partial charge in [-0.1, -0.05) is 114 Å². The fraction of sp³-hybridized carbons (Fsp3) is 0.143. The summed E-state index contributed by atoms with van der Waals surface area (Å²) in [6.07, 6.45) is 0. The molecule has 1 heteroatoms. The van der Waals surface area contributed by atoms with Gasteiger partial charge in [-0.2, -0.15) is 0 Å². The molecular weight excluding hydrogens is 518 g/mol. The maximum absolute atomic E-state index is 2.37. The van der Waals surface area contributed by atoms with Gasteiger partial charge in [0.2, 0.25) is 0 Å². The molecule has 0 fully saturated rings. The van der Waals surface area contributed by atoms with E-state index in [1.165, 1.54) is 67.0 Å². The molecule has 0 radical (unpaired) electrons. The van der Waals surface area contributed by atoms with Gasteiger partial charge in [-0.05, 0) is 116 Å². The van der Waals surface area contributed by atoms with Crippen molar-refractivity contribution in [3.05, 3.63) is 184 Å². The lowest BCUT2D eigenvalue weighted by atomic mass is 9.82. The fourth-order valence-electron chi connectivity index (χ4n) is 6.20. The smallest absolute Gasteiger partial charge is 0.0491 e. The van der Waals surface area contributed by atoms with Gasteiger partial charge in [0.25, 0.3) is 0 Å². The Labute approximate surface area is 257 Å². The Morgan fingerprint density at radius 1 is 0.419 bits per heavy atom. The summed E-state index contributed by atoms with van der Waals surface area (Å²) in [5.74, 6) is 0.191. The summed E-state index contributed by atoms with van der Waals surface area (Å²) in [5.41, 5.74) is 16.3. The number of hydrogen-bond donors (Lipinski definition) is 0. The lowest BCUT2D eigenvalue weighted by molar-refractivity contribution is 0.960. The average Bonchev–Trinajstić information content (AvgIpc) is 3.01. The molecule has 6 aromatic rings. The molecular formula is C42H39N. The van der Waals surface area contributed by atoms with E-state index in [9.17, 15) is 0 Å². The van der Waals surface area contributed by atoms with Crippen LogP contribution >= 0.6 is 0 Å². The molecule has 0 heterocycles. The van der Waals surface area contributed by atoms with E-state index < -0.39 is 0 Å². The molecule has 1 nitrogen and oxygen atoms in total. The van der Waals surface area contributed by atoms with Crippen LogP contribution in [0.2, 0.25) is 0 Å². The van der Waals surface area contributed by atoms with Crippen molar-refractivity contribution in [1.29, 1.82) is 0 Å². The minimum absolute atomic E-state index is 0.191. The van der Waals surface area contributed by atoms with Crippen molar-refractivity contribution < 1.29 is 0 Å². The minimum Gasteiger partial charge on any atom is -0.310 e. The fourth-order valence-corrected chi connectivity index (χ4v) is 6.20. The Morgan fingerprint density at radius 2 is 1.05 bits per heavy atom. The molecule has 6 aromatic carbocycles. The third kappa shape index (κ3) is 6.03. The molecule has 0 saturated heterocycles. The highest BCUT2D eigenvalue weighted by Crippen LogP contribution is 2.40. The van der Waals surface area contributed by atoms with Crippen molar-refractivity contribution in [2.75, 3.05) is 4.90 Å². The van der Waals surface area contributed by atoms with Crippen molar-refractivity contribution in [2.24, 2.45) is 0 Å². The Hall–Kier alpha value is -4.88. The Balaban J connectivity index is 1.39. The van der Waals surface area contributed by atoms with Crippen molar-refractivity contribution in [2.45, 2.75) is 40.5 Å². The van der Waals surface area contributed by atoms with Crippen LogP contribution in [0.25, 0.3) is 11.1 Å². The van der Waals surface area contributed by atoms with E-state index >= 15 is 0 Å². The molecule has 212 valence electrons. The van der Waals surface area contributed by atoms with Crippen LogP contribution in [0.15, 0.2) is 140 Å². The summed E-state index contributed by atoms with van der Waals surface area (Å²) in [4.78, 5) is 2.37. The number of anilines is 3. The first-order chi connectivity index (χ1) is 20.9. The van der Waals surface area contributed by atoms with Crippen molar-refractivity contribution in [3.63, 3.8) is 0 Å². The molecule has 0 aliphatic carbocycles. The second-order valence-corrected chi connectivity index (χ2v) is 11.8. The minimum atomic E-state index is 0.191. The van der Waals surface area contributed by atoms with Crippen LogP contribution in [0.1, 0.15) is 50.4 Å². The Morgan fingerprint density at radius 3 is 1.70 bits per heavy atom. The molecule has 0 bridgehead atoms. The highest BCUT2D eigenvalue weighted by Gasteiger charge is 2.20. The molecule has 0 aliphatic heterocycles. The van der Waals surface area contributed by atoms with Gasteiger partial charge in [-0.25, -0.2) is 0 Å². The standard InChI is InChI=1S/C42H39N/c1-29-17-21-38(22-18-29)43(39-16-10-12-31(3)26-39)41-24-20-36(28-33(41)5)35-19-23-40(32(4)27-35)42(34-13-7-6-8-14-34)37-15-9-11-30(2)25-37/h6-28,42H,1-5H3. The highest BCUT2D eigenvalue weighted by atomic mass is 15.1. The molecule has 0 aromatic heterocycles. The van der Waals surface area contributed by atoms with E-state index in [4.69, 9.17) is 0 Å². The number of nitrogens with zero attached hydrogens (tertiary/aromatic N) is 1. The van der Waals surface area contributed by atoms with Gasteiger partial charge in [0, 0.05) is 23.0 Å². The second-order valence-electron chi connectivity index (χ2n) is 11.8. The lowest BCUT2D eigenvalue weighted by Crippen LogP contribution is -2.11. The van der Waals surface area contributed by atoms with Gasteiger partial charge < -0.3 is 4.90 Å². The summed E-state index contributed by atoms with van der Waals surface area (Å²) < 4.78 is 0. The molecule has 0 saturated carbocycles. The van der Waals surface area contributed by atoms with E-state index in [-0.39, 0.29) is 5.92 Å². The largest absolute Gasteiger partial charge is 0.310 e. The number of rotatable bonds is 7. The molecule has 1 unspecified atom stereocenters. The average molecular weight is 558 g/mol. The molecule has 6 rings (SSSR count). The van der Waals surface area contributed by atoms with Crippen LogP contribution in [0.4, 0.5) is 17.1 Å². The number of benzene rings is 6. The molecule has 0 aliphatic rings. The SMILES string of the molecule is Cc1ccc(N(c2cccc(C)c2)c2ccc(-c3ccc(C(c4ccccc4)c4cccc(C)c4)c(C)c3)cc2C)cc1. The van der Waals surface area contributed by atoms with Crippen LogP contribution < -0.4 is 4.90 Å². The van der Waals surface area contributed by atoms with Gasteiger partial charge in [0.05, 0.1) is 0 Å². The summed E-state index contributed by atoms with van der Waals surface area (Å²) in [5, 5.41) is 0. The summed E-state index contributed by atoms with van der Waals surface area (Å²) >= 11 is 0. The second kappa shape index (κ2) is 12.2. The van der Waals surface area contributed by atoms with Gasteiger partial charge in [0.15, 0.2) is 0 Å². The maximum atomic E-state index is 2.37. The van der Waals surface area contributed by atoms with E-state index in [1.807, 2.05) is 0 Å². The first-order valence-electron chi connectivity index (χ1n) is 15.1. The predicted molar refractivity (Wildman–Crippen MR) is 184 cm³/mol. The highest BCUT2D eigenvalue weighted by molar-refractivity contribution is 5.81. The summed E-state index contributed by atoms with van der Waals surface area (Å²) in [7, 11) is 0. The molecule has 0 spiro atoms. The topological polar surface area (TPSA) is 3.24 Å². The van der Waals surface area contributed by atoms with E-state index in [0.717, 1.165) is 5.69 Å². The quantitative estimate of drug-likeness (QED) is 0.176. The van der Waals surface area contributed by atoms with Crippen molar-refractivity contribution >= 4 is 17.1 Å². The van der Waals surface area contributed by atoms with Crippen LogP contribution in [0.3, 0.4) is 0 Å². The van der Waals surface area contributed by atoms with Gasteiger partial charge in [0.1, 0.15) is 0 Å². The van der Waals surface area contributed by atoms with Crippen LogP contribution in [0, 0.1) is 34.6 Å². The van der Waals surface area contributed by atoms with E-state index in [0.29, 0.717) is 0 Å². The van der Waals surface area contributed by atoms with Crippen LogP contribution in [0.5, 0.6) is 0 Å². The van der Waals surface area contributed by atoms with Crippen molar-refractivity contribution in [3.8, 4) is 11.1 Å². The van der Waals surface area contributed by atoms with Crippen LogP contribution in [-0.4, -0.2) is 0 Å². The lowest BCUT2D eigenvalue weighted by Gasteiger charge is -2.28. The van der Waals surface area contributed by atoms with Gasteiger partial charge in [-0.15, -0.1) is 0 Å². The summed E-state index contributed by atoms with van der Waals surface area (Å²) in [6, 6.07) is 51.2. The first kappa shape index (κ1) is 28.2. The Bertz CT molecular complexity index is 1860. The molecule has 43 heavy (non-hydrogen) atoms. The number of aryl methyl sites for hydroxylation is 5. The predicted octanol–water partition coefficient (Wildman–Crippen LogP) is 11.5. The Kier molecular flexibility index (Phi) is 7.99. The normalized spacial score (nSPS) is 11.7. The van der Waals surface area contributed by atoms with Gasteiger partial charge >= 0.3 is 0 Å². The van der Waals surface area contributed by atoms with E-state index in [1.54, 1.807) is 0 Å². The third-order valence-corrected chi connectivity index (χ3v) is 8.41. The number of hydrogen-bond acceptors (Lipinski definition) is 1. The molecule has 1 atom stereocenters. The first-order valence-corrected chi connectivity index (χ1v) is 15.1. The molecule has 0 amide bonds. The monoisotopic (exact) mass is 557 g/mol. The zero-order chi connectivity index (χ0) is 29.9. The maximum Gasteiger partial charge on any atom is 0.0491 e. The summed E-state index contributed by atoms with van der Waals surface area (Å²) in [6.45, 7) is 10.9. The third-order valence-electron chi connectivity index (χ3n) is 8.41. The zero-order valence-corrected chi connectivity index (χ0v) is 25.8. The zero-order valence-electron chi connectivity index (χ0n) is 25.8. The van der Waals surface area contributed by atoms with Crippen molar-refractivity contribution in [1.82, 2.24) is 0 Å².